The van der Waals surface area contributed by atoms with E-state index in [0.29, 0.717) is 11.5 Å². The topological polar surface area (TPSA) is 58.4 Å². The number of aromatic nitrogens is 1. The van der Waals surface area contributed by atoms with Gasteiger partial charge in [-0.2, -0.15) is 0 Å². The third kappa shape index (κ3) is 3.81. The van der Waals surface area contributed by atoms with Gasteiger partial charge in [-0.05, 0) is 63.4 Å². The molecule has 1 amide bonds. The molecule has 0 bridgehead atoms. The van der Waals surface area contributed by atoms with Gasteiger partial charge in [-0.15, -0.1) is 11.3 Å². The molecule has 0 aliphatic carbocycles. The molecule has 0 saturated carbocycles. The number of benzene rings is 1. The molecule has 1 saturated heterocycles. The number of amides is 1. The fraction of sp³-hybridized carbons (Fsp3) is 0.455. The number of halogens is 1. The molecule has 7 heteroatoms. The molecule has 0 unspecified atom stereocenters. The lowest BCUT2D eigenvalue weighted by atomic mass is 9.91. The van der Waals surface area contributed by atoms with E-state index in [2.05, 4.69) is 21.4 Å². The maximum atomic E-state index is 13.4. The van der Waals surface area contributed by atoms with E-state index in [1.807, 2.05) is 0 Å². The fourth-order valence-electron chi connectivity index (χ4n) is 4.45. The van der Waals surface area contributed by atoms with Crippen molar-refractivity contribution < 1.29 is 13.7 Å². The molecule has 3 aromatic rings. The van der Waals surface area contributed by atoms with E-state index >= 15 is 0 Å². The molecular weight excluding hydrogens is 389 g/mol. The number of aryl methyl sites for hydroxylation is 1. The molecule has 2 aromatic heterocycles. The Hall–Kier alpha value is -2.25. The summed E-state index contributed by atoms with van der Waals surface area (Å²) >= 11 is 1.80. The zero-order chi connectivity index (χ0) is 19.8. The van der Waals surface area contributed by atoms with E-state index in [9.17, 15) is 9.18 Å². The average Bonchev–Trinajstić information content (AvgIpc) is 3.29. The lowest BCUT2D eigenvalue weighted by Gasteiger charge is -2.31. The summed E-state index contributed by atoms with van der Waals surface area (Å²) in [6.45, 7) is 3.83. The van der Waals surface area contributed by atoms with Gasteiger partial charge in [0.2, 0.25) is 0 Å². The van der Waals surface area contributed by atoms with E-state index in [1.54, 1.807) is 17.4 Å². The zero-order valence-electron chi connectivity index (χ0n) is 16.2. The molecule has 0 radical (unpaired) electrons. The molecule has 29 heavy (non-hydrogen) atoms. The van der Waals surface area contributed by atoms with Gasteiger partial charge in [0.05, 0.1) is 11.3 Å². The molecule has 1 fully saturated rings. The van der Waals surface area contributed by atoms with Crippen LogP contribution in [0.2, 0.25) is 0 Å². The predicted octanol–water partition coefficient (Wildman–Crippen LogP) is 4.13. The lowest BCUT2D eigenvalue weighted by Crippen LogP contribution is -2.34. The van der Waals surface area contributed by atoms with Gasteiger partial charge in [-0.3, -0.25) is 4.79 Å². The van der Waals surface area contributed by atoms with Crippen molar-refractivity contribution in [2.45, 2.75) is 38.0 Å². The number of carbonyl (C=O) groups is 1. The summed E-state index contributed by atoms with van der Waals surface area (Å²) in [5.74, 6) is 0.151. The van der Waals surface area contributed by atoms with Gasteiger partial charge >= 0.3 is 0 Å². The van der Waals surface area contributed by atoms with Gasteiger partial charge in [0, 0.05) is 40.2 Å². The van der Waals surface area contributed by atoms with Crippen LogP contribution >= 0.6 is 11.3 Å². The van der Waals surface area contributed by atoms with Crippen LogP contribution in [-0.4, -0.2) is 42.1 Å². The number of fused-ring (bicyclic) bond motifs is 2. The van der Waals surface area contributed by atoms with Crippen LogP contribution in [0.15, 0.2) is 28.8 Å². The van der Waals surface area contributed by atoms with Crippen LogP contribution in [0.3, 0.4) is 0 Å². The van der Waals surface area contributed by atoms with Crippen LogP contribution in [-0.2, 0) is 12.8 Å². The Balaban J connectivity index is 1.18. The van der Waals surface area contributed by atoms with Crippen molar-refractivity contribution in [1.82, 2.24) is 15.4 Å². The Bertz CT molecular complexity index is 1040. The quantitative estimate of drug-likeness (QED) is 0.699. The van der Waals surface area contributed by atoms with Crippen molar-refractivity contribution in [2.24, 2.45) is 0 Å². The smallest absolute Gasteiger partial charge is 0.252 e. The molecule has 2 aliphatic rings. The minimum absolute atomic E-state index is 0.0838. The van der Waals surface area contributed by atoms with Crippen LogP contribution in [0.25, 0.3) is 11.0 Å². The molecule has 152 valence electrons. The Kier molecular flexibility index (Phi) is 5.09. The monoisotopic (exact) mass is 413 g/mol. The highest BCUT2D eigenvalue weighted by Gasteiger charge is 2.25. The number of nitrogens with one attached hydrogen (secondary N) is 1. The van der Waals surface area contributed by atoms with E-state index in [0.717, 1.165) is 74.9 Å². The summed E-state index contributed by atoms with van der Waals surface area (Å²) in [4.78, 5) is 17.2. The first kappa shape index (κ1) is 18.8. The van der Waals surface area contributed by atoms with E-state index in [4.69, 9.17) is 4.52 Å². The Morgan fingerprint density at radius 3 is 3.00 bits per heavy atom. The Morgan fingerprint density at radius 2 is 2.14 bits per heavy atom. The summed E-state index contributed by atoms with van der Waals surface area (Å²) < 4.78 is 18.7. The summed E-state index contributed by atoms with van der Waals surface area (Å²) in [6, 6.07) is 6.75. The van der Waals surface area contributed by atoms with Crippen molar-refractivity contribution in [3.05, 3.63) is 51.1 Å². The number of rotatable bonds is 4. The van der Waals surface area contributed by atoms with Gasteiger partial charge in [-0.1, -0.05) is 5.16 Å². The minimum atomic E-state index is -0.293. The van der Waals surface area contributed by atoms with Gasteiger partial charge in [0.25, 0.3) is 5.91 Å². The second-order valence-electron chi connectivity index (χ2n) is 7.98. The van der Waals surface area contributed by atoms with Crippen LogP contribution < -0.4 is 5.32 Å². The average molecular weight is 414 g/mol. The summed E-state index contributed by atoms with van der Waals surface area (Å²) in [7, 11) is 0. The number of likely N-dealkylation sites (tertiary alicyclic amines) is 1. The predicted molar refractivity (Wildman–Crippen MR) is 111 cm³/mol. The molecule has 1 aromatic carbocycles. The second kappa shape index (κ2) is 7.88. The van der Waals surface area contributed by atoms with Crippen molar-refractivity contribution in [2.75, 3.05) is 26.2 Å². The molecular formula is C22H24FN3O2S. The van der Waals surface area contributed by atoms with E-state index in [-0.39, 0.29) is 11.7 Å². The summed E-state index contributed by atoms with van der Waals surface area (Å²) in [5, 5.41) is 8.14. The number of thiophene rings is 1. The number of carbonyl (C=O) groups excluding carboxylic acids is 1. The number of nitrogens with zero attached hydrogens (tertiary/aromatic N) is 2. The van der Waals surface area contributed by atoms with E-state index < -0.39 is 0 Å². The van der Waals surface area contributed by atoms with Crippen LogP contribution in [0, 0.1) is 5.82 Å². The van der Waals surface area contributed by atoms with E-state index in [1.165, 1.54) is 21.9 Å². The molecule has 1 N–H and O–H groups in total. The van der Waals surface area contributed by atoms with Crippen molar-refractivity contribution >= 4 is 28.2 Å². The third-order valence-electron chi connectivity index (χ3n) is 6.08. The summed E-state index contributed by atoms with van der Waals surface area (Å²) in [6.07, 6.45) is 5.07. The van der Waals surface area contributed by atoms with Crippen molar-refractivity contribution in [1.29, 1.82) is 0 Å². The SMILES string of the molecule is O=C1NCCCc2sc(CCN3CCC(c4noc5cc(F)ccc45)CC3)cc21. The molecule has 5 rings (SSSR count). The largest absolute Gasteiger partial charge is 0.356 e. The number of hydrogen-bond donors (Lipinski definition) is 1. The minimum Gasteiger partial charge on any atom is -0.356 e. The highest BCUT2D eigenvalue weighted by atomic mass is 32.1. The molecule has 2 aliphatic heterocycles. The molecule has 0 spiro atoms. The standard InChI is InChI=1S/C22H24FN3O2S/c23-15-3-4-17-19(12-15)28-25-21(17)14-5-9-26(10-6-14)11-7-16-13-18-20(29-16)2-1-8-24-22(18)27/h3-4,12-14H,1-2,5-11H2,(H,24,27). The van der Waals surface area contributed by atoms with Gasteiger partial charge in [-0.25, -0.2) is 4.39 Å². The third-order valence-corrected chi connectivity index (χ3v) is 7.34. The zero-order valence-corrected chi connectivity index (χ0v) is 17.1. The van der Waals surface area contributed by atoms with Gasteiger partial charge in [0.15, 0.2) is 5.58 Å². The number of hydrogen-bond acceptors (Lipinski definition) is 5. The molecule has 5 nitrogen and oxygen atoms in total. The van der Waals surface area contributed by atoms with Crippen molar-refractivity contribution in [3.8, 4) is 0 Å². The van der Waals surface area contributed by atoms with Gasteiger partial charge < -0.3 is 14.7 Å². The molecule has 0 atom stereocenters. The van der Waals surface area contributed by atoms with Crippen LogP contribution in [0.5, 0.6) is 0 Å². The number of piperidine rings is 1. The van der Waals surface area contributed by atoms with Crippen molar-refractivity contribution in [3.63, 3.8) is 0 Å². The highest BCUT2D eigenvalue weighted by molar-refractivity contribution is 7.12. The molecule has 4 heterocycles. The maximum Gasteiger partial charge on any atom is 0.252 e. The Labute approximate surface area is 172 Å². The fourth-order valence-corrected chi connectivity index (χ4v) is 5.65. The second-order valence-corrected chi connectivity index (χ2v) is 9.20. The lowest BCUT2D eigenvalue weighted by molar-refractivity contribution is 0.0956. The van der Waals surface area contributed by atoms with Crippen LogP contribution in [0.1, 0.15) is 51.0 Å². The highest BCUT2D eigenvalue weighted by Crippen LogP contribution is 2.33. The first-order valence-corrected chi connectivity index (χ1v) is 11.2. The maximum absolute atomic E-state index is 13.4. The first-order chi connectivity index (χ1) is 14.2. The Morgan fingerprint density at radius 1 is 1.28 bits per heavy atom. The first-order valence-electron chi connectivity index (χ1n) is 10.3. The van der Waals surface area contributed by atoms with Crippen LogP contribution in [0.4, 0.5) is 4.39 Å². The van der Waals surface area contributed by atoms with Gasteiger partial charge in [0.1, 0.15) is 5.82 Å². The normalized spacial score (nSPS) is 18.6. The summed E-state index contributed by atoms with van der Waals surface area (Å²) in [5.41, 5.74) is 2.38.